The van der Waals surface area contributed by atoms with Gasteiger partial charge in [0.1, 0.15) is 11.6 Å². The minimum atomic E-state index is -4.49. The fourth-order valence-electron chi connectivity index (χ4n) is 5.05. The number of nitrogens with zero attached hydrogens (tertiary/aromatic N) is 2. The third kappa shape index (κ3) is 12.0. The number of alkyl halides is 3. The van der Waals surface area contributed by atoms with Gasteiger partial charge in [0.2, 0.25) is 5.91 Å². The molecule has 0 radical (unpaired) electrons. The first-order chi connectivity index (χ1) is 22.2. The molecule has 1 aliphatic heterocycles. The maximum Gasteiger partial charge on any atom is 0.389 e. The maximum atomic E-state index is 14.1. The predicted molar refractivity (Wildman–Crippen MR) is 169 cm³/mol. The van der Waals surface area contributed by atoms with Crippen LogP contribution in [0.3, 0.4) is 0 Å². The van der Waals surface area contributed by atoms with Crippen LogP contribution in [0, 0.1) is 11.7 Å². The Morgan fingerprint density at radius 1 is 1.09 bits per heavy atom. The molecule has 4 amide bonds. The molecule has 0 bridgehead atoms. The number of aliphatic hydroxyl groups excluding tert-OH is 1. The highest BCUT2D eigenvalue weighted by molar-refractivity contribution is 5.99. The number of amides is 4. The molecule has 0 aromatic heterocycles. The molecule has 0 unspecified atom stereocenters. The lowest BCUT2D eigenvalue weighted by Gasteiger charge is -2.35. The number of nitrogens with one attached hydrogen (secondary N) is 2. The number of hydrogen-bond acceptors (Lipinski definition) is 6. The van der Waals surface area contributed by atoms with Crippen LogP contribution in [0.2, 0.25) is 0 Å². The molecule has 10 nitrogen and oxygen atoms in total. The summed E-state index contributed by atoms with van der Waals surface area (Å²) in [5, 5.41) is 15.2. The van der Waals surface area contributed by atoms with Crippen LogP contribution in [-0.2, 0) is 9.53 Å². The van der Waals surface area contributed by atoms with Gasteiger partial charge in [-0.05, 0) is 75.6 Å². The van der Waals surface area contributed by atoms with E-state index in [1.54, 1.807) is 14.0 Å². The third-order valence-electron chi connectivity index (χ3n) is 7.87. The van der Waals surface area contributed by atoms with Gasteiger partial charge in [-0.15, -0.1) is 0 Å². The van der Waals surface area contributed by atoms with Gasteiger partial charge in [-0.25, -0.2) is 9.18 Å². The number of carbonyl (C=O) groups excluding carboxylic acids is 3. The quantitative estimate of drug-likeness (QED) is 0.294. The molecule has 1 aliphatic rings. The first-order valence-corrected chi connectivity index (χ1v) is 15.6. The monoisotopic (exact) mass is 668 g/mol. The van der Waals surface area contributed by atoms with Gasteiger partial charge in [0, 0.05) is 50.5 Å². The Bertz CT molecular complexity index is 1340. The van der Waals surface area contributed by atoms with Crippen molar-refractivity contribution >= 4 is 29.2 Å². The van der Waals surface area contributed by atoms with Crippen LogP contribution in [0.5, 0.6) is 5.75 Å². The summed E-state index contributed by atoms with van der Waals surface area (Å²) in [4.78, 5) is 42.2. The normalized spacial score (nSPS) is 20.3. The van der Waals surface area contributed by atoms with Crippen molar-refractivity contribution in [1.29, 1.82) is 0 Å². The molecule has 3 rings (SSSR count). The summed E-state index contributed by atoms with van der Waals surface area (Å²) in [5.41, 5.74) is 0.618. The summed E-state index contributed by atoms with van der Waals surface area (Å²) >= 11 is 0. The number of ether oxygens (including phenoxy) is 2. The van der Waals surface area contributed by atoms with Crippen LogP contribution >= 0.6 is 0 Å². The number of hydrogen-bond donors (Lipinski definition) is 3. The summed E-state index contributed by atoms with van der Waals surface area (Å²) in [7, 11) is 1.60. The molecule has 2 aromatic carbocycles. The Labute approximate surface area is 272 Å². The highest BCUT2D eigenvalue weighted by Gasteiger charge is 2.31. The summed E-state index contributed by atoms with van der Waals surface area (Å²) in [6.45, 7) is 5.67. The van der Waals surface area contributed by atoms with E-state index in [-0.39, 0.29) is 48.7 Å². The third-order valence-corrected chi connectivity index (χ3v) is 7.87. The number of benzene rings is 2. The Kier molecular flexibility index (Phi) is 13.8. The average molecular weight is 669 g/mol. The summed E-state index contributed by atoms with van der Waals surface area (Å²) in [6.07, 6.45) is -5.30. The second-order valence-corrected chi connectivity index (χ2v) is 12.0. The van der Waals surface area contributed by atoms with E-state index in [4.69, 9.17) is 9.47 Å². The van der Waals surface area contributed by atoms with E-state index in [0.717, 1.165) is 6.42 Å². The average Bonchev–Trinajstić information content (AvgIpc) is 3.02. The molecule has 4 atom stereocenters. The lowest BCUT2D eigenvalue weighted by atomic mass is 10.0. The Morgan fingerprint density at radius 2 is 1.77 bits per heavy atom. The zero-order chi connectivity index (χ0) is 34.7. The number of aliphatic hydroxyl groups is 1. The van der Waals surface area contributed by atoms with Crippen molar-refractivity contribution in [2.75, 3.05) is 44.0 Å². The smallest absolute Gasteiger partial charge is 0.389 e. The van der Waals surface area contributed by atoms with E-state index in [1.165, 1.54) is 52.3 Å². The van der Waals surface area contributed by atoms with Crippen molar-refractivity contribution in [1.82, 2.24) is 9.80 Å². The molecule has 2 aromatic rings. The lowest BCUT2D eigenvalue weighted by molar-refractivity contribution is -0.142. The van der Waals surface area contributed by atoms with Crippen LogP contribution in [0.1, 0.15) is 63.2 Å². The number of halogens is 4. The van der Waals surface area contributed by atoms with Crippen LogP contribution in [0.25, 0.3) is 0 Å². The number of rotatable bonds is 8. The minimum Gasteiger partial charge on any atom is -0.490 e. The van der Waals surface area contributed by atoms with Gasteiger partial charge in [-0.3, -0.25) is 9.59 Å². The van der Waals surface area contributed by atoms with E-state index in [0.29, 0.717) is 25.1 Å². The molecule has 14 heteroatoms. The maximum absolute atomic E-state index is 14.1. The Hall–Kier alpha value is -3.91. The van der Waals surface area contributed by atoms with Crippen LogP contribution < -0.4 is 15.4 Å². The van der Waals surface area contributed by atoms with E-state index < -0.39 is 54.8 Å². The van der Waals surface area contributed by atoms with E-state index in [9.17, 15) is 37.1 Å². The van der Waals surface area contributed by atoms with Crippen molar-refractivity contribution < 1.29 is 46.5 Å². The van der Waals surface area contributed by atoms with Crippen LogP contribution in [-0.4, -0.2) is 90.5 Å². The number of anilines is 2. The van der Waals surface area contributed by atoms with Crippen LogP contribution in [0.15, 0.2) is 42.5 Å². The lowest BCUT2D eigenvalue weighted by Crippen LogP contribution is -2.48. The molecule has 0 spiro atoms. The van der Waals surface area contributed by atoms with Gasteiger partial charge in [0.15, 0.2) is 0 Å². The molecule has 1 heterocycles. The SMILES string of the molecule is C[C@@H]1CN([C@H](C)CO)C(=O)c2cc(NC(=O)CCC(F)(F)F)ccc2O[C@@H](C)CCCCO[C@H]1CN(C)C(=O)Nc1ccc(F)cc1. The second-order valence-electron chi connectivity index (χ2n) is 12.0. The first-order valence-electron chi connectivity index (χ1n) is 15.6. The molecule has 0 saturated carbocycles. The Morgan fingerprint density at radius 3 is 2.43 bits per heavy atom. The first kappa shape index (κ1) is 37.5. The van der Waals surface area contributed by atoms with E-state index >= 15 is 0 Å². The standard InChI is InChI=1S/C33H44F4N4O6/c1-21-18-41(22(2)20-42)31(44)27-17-26(38-30(43)14-15-33(35,36)37)12-13-28(27)47-23(3)7-5-6-16-46-29(21)19-40(4)32(45)39-25-10-8-24(34)9-11-25/h8-13,17,21-23,29,42H,5-7,14-16,18-20H2,1-4H3,(H,38,43)(H,39,45)/t21-,22-,23+,29+/m1/s1. The molecule has 47 heavy (non-hydrogen) atoms. The van der Waals surface area contributed by atoms with Gasteiger partial charge in [0.05, 0.1) is 36.8 Å². The fourth-order valence-corrected chi connectivity index (χ4v) is 5.05. The number of urea groups is 1. The predicted octanol–water partition coefficient (Wildman–Crippen LogP) is 6.07. The van der Waals surface area contributed by atoms with E-state index in [1.807, 2.05) is 13.8 Å². The van der Waals surface area contributed by atoms with Gasteiger partial charge in [-0.2, -0.15) is 13.2 Å². The van der Waals surface area contributed by atoms with Gasteiger partial charge in [-0.1, -0.05) is 6.92 Å². The zero-order valence-electron chi connectivity index (χ0n) is 27.1. The zero-order valence-corrected chi connectivity index (χ0v) is 27.1. The molecular weight excluding hydrogens is 624 g/mol. The highest BCUT2D eigenvalue weighted by Crippen LogP contribution is 2.29. The molecule has 260 valence electrons. The highest BCUT2D eigenvalue weighted by atomic mass is 19.4. The number of fused-ring (bicyclic) bond motifs is 1. The van der Waals surface area contributed by atoms with Gasteiger partial charge >= 0.3 is 12.2 Å². The minimum absolute atomic E-state index is 0.0725. The molecule has 0 fully saturated rings. The van der Waals surface area contributed by atoms with Gasteiger partial charge < -0.3 is 35.0 Å². The van der Waals surface area contributed by atoms with Crippen molar-refractivity contribution in [3.8, 4) is 5.75 Å². The fraction of sp³-hybridized carbons (Fsp3) is 0.545. The van der Waals surface area contributed by atoms with Gasteiger partial charge in [0.25, 0.3) is 5.91 Å². The Balaban J connectivity index is 1.87. The molecule has 0 saturated heterocycles. The molecule has 0 aliphatic carbocycles. The summed E-state index contributed by atoms with van der Waals surface area (Å²) < 4.78 is 63.6. The number of carbonyl (C=O) groups is 3. The summed E-state index contributed by atoms with van der Waals surface area (Å²) in [6, 6.07) is 8.61. The molecular formula is C33H44F4N4O6. The van der Waals surface area contributed by atoms with Crippen LogP contribution in [0.4, 0.5) is 33.7 Å². The van der Waals surface area contributed by atoms with Crippen molar-refractivity contribution in [3.63, 3.8) is 0 Å². The second kappa shape index (κ2) is 17.3. The molecule has 3 N–H and O–H groups in total. The largest absolute Gasteiger partial charge is 0.490 e. The van der Waals surface area contributed by atoms with Crippen molar-refractivity contribution in [2.24, 2.45) is 5.92 Å². The van der Waals surface area contributed by atoms with Crippen molar-refractivity contribution in [2.45, 2.75) is 77.3 Å². The van der Waals surface area contributed by atoms with Crippen molar-refractivity contribution in [3.05, 3.63) is 53.8 Å². The summed E-state index contributed by atoms with van der Waals surface area (Å²) in [5.74, 6) is -1.91. The topological polar surface area (TPSA) is 120 Å². The van der Waals surface area contributed by atoms with E-state index in [2.05, 4.69) is 10.6 Å². The number of likely N-dealkylation sites (N-methyl/N-ethyl adjacent to an activating group) is 1.